The van der Waals surface area contributed by atoms with Crippen LogP contribution in [0.3, 0.4) is 0 Å². The molecule has 5 rings (SSSR count). The molecule has 0 aliphatic carbocycles. The average Bonchev–Trinajstić information content (AvgIpc) is 3.50. The number of alkyl halides is 3. The number of amidine groups is 1. The molecule has 2 atom stereocenters. The van der Waals surface area contributed by atoms with Crippen LogP contribution in [0.25, 0.3) is 17.1 Å². The molecule has 3 aromatic carbocycles. The van der Waals surface area contributed by atoms with E-state index in [1.54, 1.807) is 11.8 Å². The molecule has 1 aromatic heterocycles. The summed E-state index contributed by atoms with van der Waals surface area (Å²) in [5, 5.41) is 8.21. The highest BCUT2D eigenvalue weighted by atomic mass is 32.2. The molecule has 2 unspecified atom stereocenters. The van der Waals surface area contributed by atoms with Crippen molar-refractivity contribution in [2.45, 2.75) is 65.8 Å². The topological polar surface area (TPSA) is 84.6 Å². The Balaban J connectivity index is 1.17. The van der Waals surface area contributed by atoms with Crippen LogP contribution in [0.1, 0.15) is 56.7 Å². The second kappa shape index (κ2) is 14.6. The van der Waals surface area contributed by atoms with Gasteiger partial charge in [0.15, 0.2) is 11.0 Å². The molecule has 4 aromatic rings. The third-order valence-electron chi connectivity index (χ3n) is 7.90. The zero-order valence-corrected chi connectivity index (χ0v) is 27.9. The van der Waals surface area contributed by atoms with Gasteiger partial charge in [-0.15, -0.1) is 18.3 Å². The molecular formula is C35H39F3N6O2S. The number of amides is 2. The average molecular weight is 665 g/mol. The lowest BCUT2D eigenvalue weighted by Gasteiger charge is -2.37. The number of hydrogen-bond donors (Lipinski definition) is 1. The molecule has 12 heteroatoms. The molecule has 248 valence electrons. The molecule has 2 heterocycles. The molecule has 1 aliphatic rings. The smallest absolute Gasteiger partial charge is 0.406 e. The number of nitrogens with zero attached hydrogens (tertiary/aromatic N) is 5. The number of carbonyl (C=O) groups excluding carboxylic acids is 1. The minimum Gasteiger partial charge on any atom is -0.406 e. The Hall–Kier alpha value is -4.32. The normalized spacial score (nSPS) is 16.8. The van der Waals surface area contributed by atoms with Crippen LogP contribution in [0, 0.1) is 12.8 Å². The number of halogens is 3. The van der Waals surface area contributed by atoms with Crippen molar-refractivity contribution in [3.8, 4) is 22.8 Å². The lowest BCUT2D eigenvalue weighted by atomic mass is 9.98. The van der Waals surface area contributed by atoms with E-state index in [0.717, 1.165) is 40.6 Å². The van der Waals surface area contributed by atoms with Crippen LogP contribution in [0.4, 0.5) is 23.7 Å². The van der Waals surface area contributed by atoms with Crippen LogP contribution < -0.4 is 15.0 Å². The number of benzene rings is 3. The number of aryl methyl sites for hydroxylation is 1. The maximum absolute atomic E-state index is 13.0. The van der Waals surface area contributed by atoms with Gasteiger partial charge in [0, 0.05) is 29.6 Å². The van der Waals surface area contributed by atoms with E-state index in [9.17, 15) is 18.0 Å². The highest BCUT2D eigenvalue weighted by Crippen LogP contribution is 2.35. The van der Waals surface area contributed by atoms with Gasteiger partial charge >= 0.3 is 12.4 Å². The Kier molecular flexibility index (Phi) is 10.6. The summed E-state index contributed by atoms with van der Waals surface area (Å²) in [5.41, 5.74) is 6.00. The van der Waals surface area contributed by atoms with Crippen LogP contribution in [0.15, 0.2) is 78.0 Å². The van der Waals surface area contributed by atoms with E-state index in [2.05, 4.69) is 82.8 Å². The van der Waals surface area contributed by atoms with Gasteiger partial charge in [0.05, 0.1) is 5.69 Å². The molecule has 1 aliphatic heterocycles. The first-order valence-corrected chi connectivity index (χ1v) is 16.6. The van der Waals surface area contributed by atoms with Crippen molar-refractivity contribution in [1.82, 2.24) is 20.1 Å². The fourth-order valence-electron chi connectivity index (χ4n) is 5.46. The van der Waals surface area contributed by atoms with Gasteiger partial charge in [-0.1, -0.05) is 68.9 Å². The van der Waals surface area contributed by atoms with Gasteiger partial charge in [0.1, 0.15) is 12.1 Å². The molecule has 8 nitrogen and oxygen atoms in total. The van der Waals surface area contributed by atoms with Gasteiger partial charge in [0.2, 0.25) is 0 Å². The number of anilines is 1. The van der Waals surface area contributed by atoms with E-state index >= 15 is 0 Å². The zero-order valence-electron chi connectivity index (χ0n) is 27.1. The zero-order chi connectivity index (χ0) is 33.7. The van der Waals surface area contributed by atoms with Gasteiger partial charge in [-0.3, -0.25) is 0 Å². The van der Waals surface area contributed by atoms with Crippen molar-refractivity contribution >= 4 is 28.6 Å². The first-order chi connectivity index (χ1) is 22.4. The quantitative estimate of drug-likeness (QED) is 0.193. The van der Waals surface area contributed by atoms with Gasteiger partial charge in [-0.2, -0.15) is 4.99 Å². The molecule has 0 spiro atoms. The summed E-state index contributed by atoms with van der Waals surface area (Å²) in [7, 11) is 0. The molecule has 2 amide bonds. The van der Waals surface area contributed by atoms with Crippen molar-refractivity contribution in [3.63, 3.8) is 0 Å². The first kappa shape index (κ1) is 34.0. The number of carbonyl (C=O) groups is 1. The number of aliphatic imine (C=N–C) groups is 1. The van der Waals surface area contributed by atoms with E-state index in [1.165, 1.54) is 46.4 Å². The number of aromatic nitrogens is 3. The predicted molar refractivity (Wildman–Crippen MR) is 181 cm³/mol. The summed E-state index contributed by atoms with van der Waals surface area (Å²) in [6.45, 7) is 11.2. The van der Waals surface area contributed by atoms with Crippen LogP contribution in [0.2, 0.25) is 0 Å². The monoisotopic (exact) mass is 664 g/mol. The van der Waals surface area contributed by atoms with Crippen molar-refractivity contribution in [3.05, 3.63) is 89.7 Å². The van der Waals surface area contributed by atoms with Crippen molar-refractivity contribution in [1.29, 1.82) is 0 Å². The van der Waals surface area contributed by atoms with Crippen LogP contribution in [-0.2, 0) is 6.42 Å². The van der Waals surface area contributed by atoms with Crippen LogP contribution in [-0.4, -0.2) is 50.7 Å². The lowest BCUT2D eigenvalue weighted by Crippen LogP contribution is -2.43. The number of rotatable bonds is 9. The highest BCUT2D eigenvalue weighted by molar-refractivity contribution is 8.14. The van der Waals surface area contributed by atoms with Crippen molar-refractivity contribution < 1.29 is 22.7 Å². The standard InChI is InChI=1S/C35H39F3N6O2S/c1-22(2)30-15-6-23(3)19-31(30)44-25(5)16-17-47-34(44)41-33(45)39-20-24(4)18-26-7-9-27(10-8-26)32-40-21-43(42-32)28-11-13-29(14-12-28)46-35(36,37)38/h6-15,19,21-22,24-25H,16-18,20H2,1-5H3,(H,39,45). The second-order valence-corrected chi connectivity index (χ2v) is 13.3. The maximum Gasteiger partial charge on any atom is 0.573 e. The predicted octanol–water partition coefficient (Wildman–Crippen LogP) is 8.54. The van der Waals surface area contributed by atoms with Crippen molar-refractivity contribution in [2.24, 2.45) is 10.9 Å². The van der Waals surface area contributed by atoms with E-state index in [-0.39, 0.29) is 23.7 Å². The van der Waals surface area contributed by atoms with E-state index < -0.39 is 6.36 Å². The maximum atomic E-state index is 13.0. The second-order valence-electron chi connectivity index (χ2n) is 12.2. The highest BCUT2D eigenvalue weighted by Gasteiger charge is 2.31. The molecule has 0 radical (unpaired) electrons. The van der Waals surface area contributed by atoms with Crippen LogP contribution in [0.5, 0.6) is 5.75 Å². The third kappa shape index (κ3) is 8.94. The van der Waals surface area contributed by atoms with Gasteiger partial charge in [0.25, 0.3) is 0 Å². The minimum atomic E-state index is -4.75. The molecule has 1 saturated heterocycles. The van der Waals surface area contributed by atoms with Gasteiger partial charge < -0.3 is 15.0 Å². The van der Waals surface area contributed by atoms with E-state index in [4.69, 9.17) is 0 Å². The Morgan fingerprint density at radius 3 is 2.49 bits per heavy atom. The summed E-state index contributed by atoms with van der Waals surface area (Å²) in [5.74, 6) is 1.62. The van der Waals surface area contributed by atoms with Gasteiger partial charge in [-0.25, -0.2) is 14.5 Å². The summed E-state index contributed by atoms with van der Waals surface area (Å²) in [6.07, 6.45) is -1.47. The number of ether oxygens (including phenoxy) is 1. The SMILES string of the molecule is Cc1ccc(C(C)C)c(N2C(=NC(=O)NCC(C)Cc3ccc(-c4ncn(-c5ccc(OC(F)(F)F)cc5)n4)cc3)SCCC2C)c1. The molecule has 0 saturated carbocycles. The first-order valence-electron chi connectivity index (χ1n) is 15.6. The summed E-state index contributed by atoms with van der Waals surface area (Å²) < 4.78 is 42.7. The third-order valence-corrected chi connectivity index (χ3v) is 8.89. The summed E-state index contributed by atoms with van der Waals surface area (Å²) in [6, 6.07) is 19.7. The molecule has 0 bridgehead atoms. The number of nitrogens with one attached hydrogen (secondary N) is 1. The lowest BCUT2D eigenvalue weighted by molar-refractivity contribution is -0.274. The summed E-state index contributed by atoms with van der Waals surface area (Å²) >= 11 is 1.62. The molecular weight excluding hydrogens is 625 g/mol. The van der Waals surface area contributed by atoms with E-state index in [1.807, 2.05) is 24.3 Å². The number of urea groups is 1. The number of hydrogen-bond acceptors (Lipinski definition) is 5. The fourth-order valence-corrected chi connectivity index (χ4v) is 6.66. The van der Waals surface area contributed by atoms with Gasteiger partial charge in [-0.05, 0) is 85.5 Å². The Morgan fingerprint density at radius 1 is 1.09 bits per heavy atom. The molecule has 47 heavy (non-hydrogen) atoms. The summed E-state index contributed by atoms with van der Waals surface area (Å²) in [4.78, 5) is 24.1. The number of thioether (sulfide) groups is 1. The van der Waals surface area contributed by atoms with Crippen molar-refractivity contribution in [2.75, 3.05) is 17.2 Å². The Bertz CT molecular complexity index is 1700. The molecule has 1 fully saturated rings. The van der Waals surface area contributed by atoms with Crippen LogP contribution >= 0.6 is 11.8 Å². The molecule has 1 N–H and O–H groups in total. The fraction of sp³-hybridized carbons (Fsp3) is 0.371. The largest absolute Gasteiger partial charge is 0.573 e. The Morgan fingerprint density at radius 2 is 1.81 bits per heavy atom. The minimum absolute atomic E-state index is 0.171. The van der Waals surface area contributed by atoms with E-state index in [0.29, 0.717) is 24.0 Å². The Labute approximate surface area is 277 Å².